The van der Waals surface area contributed by atoms with E-state index in [1.807, 2.05) is 42.5 Å². The molecule has 1 unspecified atom stereocenters. The van der Waals surface area contributed by atoms with Gasteiger partial charge < -0.3 is 14.6 Å². The molecule has 178 valence electrons. The van der Waals surface area contributed by atoms with E-state index in [1.54, 1.807) is 29.2 Å². The van der Waals surface area contributed by atoms with Gasteiger partial charge in [0.1, 0.15) is 17.9 Å². The molecule has 0 bridgehead atoms. The number of piperidine rings is 1. The van der Waals surface area contributed by atoms with Crippen LogP contribution in [0.5, 0.6) is 0 Å². The average molecular weight is 489 g/mol. The molecule has 0 aliphatic carbocycles. The fourth-order valence-electron chi connectivity index (χ4n) is 4.91. The number of benzene rings is 2. The summed E-state index contributed by atoms with van der Waals surface area (Å²) in [6.07, 6.45) is 1.62. The van der Waals surface area contributed by atoms with Gasteiger partial charge in [-0.15, -0.1) is 11.3 Å². The number of nitrogens with one attached hydrogen (secondary N) is 1. The number of carbonyl (C=O) groups is 3. The monoisotopic (exact) mass is 488 g/mol. The molecule has 9 heteroatoms. The van der Waals surface area contributed by atoms with Crippen LogP contribution in [0.15, 0.2) is 59.0 Å². The van der Waals surface area contributed by atoms with E-state index in [-0.39, 0.29) is 12.5 Å². The van der Waals surface area contributed by atoms with Gasteiger partial charge in [-0.25, -0.2) is 9.78 Å². The molecular formula is C26H24N4O4S. The molecule has 0 saturated carbocycles. The van der Waals surface area contributed by atoms with E-state index in [0.717, 1.165) is 33.7 Å². The summed E-state index contributed by atoms with van der Waals surface area (Å²) in [5.74, 6) is -0.0578. The van der Waals surface area contributed by atoms with E-state index in [2.05, 4.69) is 11.4 Å². The van der Waals surface area contributed by atoms with E-state index in [4.69, 9.17) is 9.40 Å². The number of furan rings is 1. The minimum Gasteiger partial charge on any atom is -0.458 e. The number of hydrogen-bond donors (Lipinski definition) is 1. The highest BCUT2D eigenvalue weighted by atomic mass is 32.1. The predicted octanol–water partition coefficient (Wildman–Crippen LogP) is 4.22. The molecule has 1 atom stereocenters. The summed E-state index contributed by atoms with van der Waals surface area (Å²) in [4.78, 5) is 46.5. The Morgan fingerprint density at radius 3 is 2.66 bits per heavy atom. The summed E-state index contributed by atoms with van der Waals surface area (Å²) in [5, 5.41) is 4.67. The van der Waals surface area contributed by atoms with Gasteiger partial charge in [-0.05, 0) is 44.0 Å². The smallest absolute Gasteiger partial charge is 0.325 e. The largest absolute Gasteiger partial charge is 0.458 e. The van der Waals surface area contributed by atoms with Crippen molar-refractivity contribution in [2.45, 2.75) is 31.2 Å². The number of urea groups is 1. The van der Waals surface area contributed by atoms with Crippen molar-refractivity contribution in [3.63, 3.8) is 0 Å². The van der Waals surface area contributed by atoms with Crippen LogP contribution in [0.25, 0.3) is 21.2 Å². The first-order valence-electron chi connectivity index (χ1n) is 11.7. The standard InChI is InChI=1S/C26H24N4O4S/c1-26(21-14-17-6-2-4-8-19(17)34-21)24(32)30(25(33)28-26)15-22(31)29-12-10-16(11-13-29)23-27-18-7-3-5-9-20(18)35-23/h2-9,14,16H,10-13,15H2,1H3,(H,28,33). The summed E-state index contributed by atoms with van der Waals surface area (Å²) in [5.41, 5.74) is 0.296. The van der Waals surface area contributed by atoms with Crippen molar-refractivity contribution < 1.29 is 18.8 Å². The van der Waals surface area contributed by atoms with Gasteiger partial charge in [0.25, 0.3) is 5.91 Å². The number of para-hydroxylation sites is 2. The summed E-state index contributed by atoms with van der Waals surface area (Å²) >= 11 is 1.71. The minimum atomic E-state index is -1.35. The Labute approximate surface area is 205 Å². The molecular weight excluding hydrogens is 464 g/mol. The van der Waals surface area contributed by atoms with Crippen LogP contribution in [0, 0.1) is 0 Å². The van der Waals surface area contributed by atoms with Crippen molar-refractivity contribution >= 4 is 50.4 Å². The van der Waals surface area contributed by atoms with Crippen molar-refractivity contribution in [2.24, 2.45) is 0 Å². The number of amides is 4. The SMILES string of the molecule is CC1(c2cc3ccccc3o2)NC(=O)N(CC(=O)N2CCC(c3nc4ccccc4s3)CC2)C1=O. The third-order valence-electron chi connectivity index (χ3n) is 6.99. The molecule has 2 aromatic carbocycles. The van der Waals surface area contributed by atoms with Gasteiger partial charge in [-0.2, -0.15) is 0 Å². The van der Waals surface area contributed by atoms with Crippen LogP contribution < -0.4 is 5.32 Å². The molecule has 4 aromatic rings. The molecule has 8 nitrogen and oxygen atoms in total. The fourth-order valence-corrected chi connectivity index (χ4v) is 6.05. The maximum atomic E-state index is 13.3. The maximum absolute atomic E-state index is 13.3. The molecule has 2 aromatic heterocycles. The highest BCUT2D eigenvalue weighted by Gasteiger charge is 2.52. The number of carbonyl (C=O) groups excluding carboxylic acids is 3. The Kier molecular flexibility index (Phi) is 5.10. The molecule has 2 saturated heterocycles. The third-order valence-corrected chi connectivity index (χ3v) is 8.19. The molecule has 0 spiro atoms. The number of aromatic nitrogens is 1. The molecule has 4 amide bonds. The Bertz CT molecular complexity index is 1400. The van der Waals surface area contributed by atoms with Crippen LogP contribution in [0.1, 0.15) is 36.5 Å². The van der Waals surface area contributed by atoms with Gasteiger partial charge in [-0.3, -0.25) is 14.5 Å². The lowest BCUT2D eigenvalue weighted by molar-refractivity contribution is -0.139. The molecule has 1 N–H and O–H groups in total. The summed E-state index contributed by atoms with van der Waals surface area (Å²) in [6.45, 7) is 2.47. The van der Waals surface area contributed by atoms with Crippen molar-refractivity contribution in [1.29, 1.82) is 0 Å². The Balaban J connectivity index is 1.12. The first-order chi connectivity index (χ1) is 16.9. The fraction of sp³-hybridized carbons (Fsp3) is 0.308. The first-order valence-corrected chi connectivity index (χ1v) is 12.5. The van der Waals surface area contributed by atoms with E-state index in [1.165, 1.54) is 4.70 Å². The molecule has 0 radical (unpaired) electrons. The quantitative estimate of drug-likeness (QED) is 0.434. The lowest BCUT2D eigenvalue weighted by Gasteiger charge is -2.32. The van der Waals surface area contributed by atoms with Crippen molar-refractivity contribution in [3.8, 4) is 0 Å². The highest BCUT2D eigenvalue weighted by molar-refractivity contribution is 7.18. The van der Waals surface area contributed by atoms with Gasteiger partial charge in [-0.1, -0.05) is 30.3 Å². The van der Waals surface area contributed by atoms with Crippen LogP contribution >= 0.6 is 11.3 Å². The number of fused-ring (bicyclic) bond motifs is 2. The van der Waals surface area contributed by atoms with Crippen molar-refractivity contribution in [1.82, 2.24) is 20.1 Å². The van der Waals surface area contributed by atoms with Crippen molar-refractivity contribution in [2.75, 3.05) is 19.6 Å². The first kappa shape index (κ1) is 21.8. The van der Waals surface area contributed by atoms with Crippen LogP contribution in [0.3, 0.4) is 0 Å². The van der Waals surface area contributed by atoms with Crippen LogP contribution in [-0.4, -0.2) is 52.3 Å². The van der Waals surface area contributed by atoms with E-state index in [0.29, 0.717) is 30.4 Å². The number of imide groups is 1. The summed E-state index contributed by atoms with van der Waals surface area (Å²) < 4.78 is 7.03. The van der Waals surface area contributed by atoms with Gasteiger partial charge >= 0.3 is 6.03 Å². The topological polar surface area (TPSA) is 95.8 Å². The number of hydrogen-bond acceptors (Lipinski definition) is 6. The van der Waals surface area contributed by atoms with Crippen LogP contribution in [0.4, 0.5) is 4.79 Å². The highest BCUT2D eigenvalue weighted by Crippen LogP contribution is 2.35. The zero-order chi connectivity index (χ0) is 24.2. The molecule has 2 fully saturated rings. The van der Waals surface area contributed by atoms with Gasteiger partial charge in [0, 0.05) is 24.4 Å². The van der Waals surface area contributed by atoms with Gasteiger partial charge in [0.05, 0.1) is 15.2 Å². The molecule has 6 rings (SSSR count). The van der Waals surface area contributed by atoms with E-state index >= 15 is 0 Å². The van der Waals surface area contributed by atoms with E-state index < -0.39 is 17.5 Å². The Morgan fingerprint density at radius 2 is 1.89 bits per heavy atom. The normalized spacial score (nSPS) is 21.3. The zero-order valence-electron chi connectivity index (χ0n) is 19.2. The number of thiazole rings is 1. The lowest BCUT2D eigenvalue weighted by atomic mass is 9.97. The number of rotatable bonds is 4. The number of nitrogens with zero attached hydrogens (tertiary/aromatic N) is 3. The molecule has 35 heavy (non-hydrogen) atoms. The Morgan fingerprint density at radius 1 is 1.14 bits per heavy atom. The second-order valence-corrected chi connectivity index (χ2v) is 10.3. The molecule has 2 aliphatic rings. The number of likely N-dealkylation sites (tertiary alicyclic amines) is 1. The zero-order valence-corrected chi connectivity index (χ0v) is 20.0. The maximum Gasteiger partial charge on any atom is 0.325 e. The second kappa shape index (κ2) is 8.20. The minimum absolute atomic E-state index is 0.231. The van der Waals surface area contributed by atoms with Crippen LogP contribution in [-0.2, 0) is 15.1 Å². The second-order valence-electron chi connectivity index (χ2n) is 9.27. The summed E-state index contributed by atoms with van der Waals surface area (Å²) in [6, 6.07) is 16.7. The van der Waals surface area contributed by atoms with Crippen LogP contribution in [0.2, 0.25) is 0 Å². The van der Waals surface area contributed by atoms with Crippen molar-refractivity contribution in [3.05, 3.63) is 65.4 Å². The van der Waals surface area contributed by atoms with E-state index in [9.17, 15) is 14.4 Å². The average Bonchev–Trinajstić information content (AvgIpc) is 3.56. The lowest BCUT2D eigenvalue weighted by Crippen LogP contribution is -2.46. The predicted molar refractivity (Wildman–Crippen MR) is 132 cm³/mol. The molecule has 2 aliphatic heterocycles. The molecule has 4 heterocycles. The van der Waals surface area contributed by atoms with Gasteiger partial charge in [0.2, 0.25) is 5.91 Å². The van der Waals surface area contributed by atoms with Gasteiger partial charge in [0.15, 0.2) is 5.54 Å². The Hall–Kier alpha value is -3.72. The third kappa shape index (κ3) is 3.67. The summed E-state index contributed by atoms with van der Waals surface area (Å²) in [7, 11) is 0.